The van der Waals surface area contributed by atoms with Crippen molar-refractivity contribution >= 4 is 22.0 Å². The smallest absolute Gasteiger partial charge is 0.315 e. The molecule has 2 amide bonds. The second-order valence-corrected chi connectivity index (χ2v) is 5.37. The predicted octanol–water partition coefficient (Wildman–Crippen LogP) is 2.85. The van der Waals surface area contributed by atoms with Crippen molar-refractivity contribution in [2.24, 2.45) is 0 Å². The van der Waals surface area contributed by atoms with Crippen LogP contribution in [0.5, 0.6) is 5.75 Å². The summed E-state index contributed by atoms with van der Waals surface area (Å²) in [6.07, 6.45) is -0.00816. The molecule has 0 aliphatic heterocycles. The molecule has 2 N–H and O–H groups in total. The van der Waals surface area contributed by atoms with Gasteiger partial charge < -0.3 is 20.1 Å². The number of amides is 2. The SMILES string of the molecule is COc1ccc([C@H](C)NC(=O)NC[C@H](C)OC)cc1Br. The van der Waals surface area contributed by atoms with Crippen LogP contribution in [0.25, 0.3) is 0 Å². The molecule has 0 aliphatic carbocycles. The van der Waals surface area contributed by atoms with E-state index in [4.69, 9.17) is 9.47 Å². The lowest BCUT2D eigenvalue weighted by molar-refractivity contribution is 0.118. The molecule has 2 atom stereocenters. The van der Waals surface area contributed by atoms with Crippen molar-refractivity contribution in [3.63, 3.8) is 0 Å². The van der Waals surface area contributed by atoms with Gasteiger partial charge in [-0.2, -0.15) is 0 Å². The van der Waals surface area contributed by atoms with Crippen LogP contribution in [-0.2, 0) is 4.74 Å². The van der Waals surface area contributed by atoms with Crippen molar-refractivity contribution in [1.82, 2.24) is 10.6 Å². The number of rotatable bonds is 6. The third-order valence-corrected chi connectivity index (χ3v) is 3.60. The topological polar surface area (TPSA) is 59.6 Å². The van der Waals surface area contributed by atoms with Crippen LogP contribution in [0.1, 0.15) is 25.5 Å². The van der Waals surface area contributed by atoms with Crippen LogP contribution in [0.15, 0.2) is 22.7 Å². The monoisotopic (exact) mass is 344 g/mol. The maximum absolute atomic E-state index is 11.7. The lowest BCUT2D eigenvalue weighted by Crippen LogP contribution is -2.40. The second kappa shape index (κ2) is 8.11. The number of hydrogen-bond donors (Lipinski definition) is 2. The van der Waals surface area contributed by atoms with Crippen LogP contribution >= 0.6 is 15.9 Å². The van der Waals surface area contributed by atoms with E-state index in [-0.39, 0.29) is 18.2 Å². The molecule has 20 heavy (non-hydrogen) atoms. The zero-order valence-corrected chi connectivity index (χ0v) is 13.8. The van der Waals surface area contributed by atoms with E-state index in [0.29, 0.717) is 6.54 Å². The summed E-state index contributed by atoms with van der Waals surface area (Å²) in [4.78, 5) is 11.7. The van der Waals surface area contributed by atoms with Crippen LogP contribution in [-0.4, -0.2) is 32.9 Å². The second-order valence-electron chi connectivity index (χ2n) is 4.52. The minimum Gasteiger partial charge on any atom is -0.496 e. The average molecular weight is 345 g/mol. The number of ether oxygens (including phenoxy) is 2. The van der Waals surface area contributed by atoms with Crippen molar-refractivity contribution in [3.05, 3.63) is 28.2 Å². The first-order valence-electron chi connectivity index (χ1n) is 6.38. The van der Waals surface area contributed by atoms with Gasteiger partial charge in [0.15, 0.2) is 0 Å². The van der Waals surface area contributed by atoms with Gasteiger partial charge in [-0.3, -0.25) is 0 Å². The average Bonchev–Trinajstić information content (AvgIpc) is 2.44. The highest BCUT2D eigenvalue weighted by atomic mass is 79.9. The van der Waals surface area contributed by atoms with Gasteiger partial charge in [-0.25, -0.2) is 4.79 Å². The molecule has 0 aromatic heterocycles. The zero-order chi connectivity index (χ0) is 15.1. The quantitative estimate of drug-likeness (QED) is 0.834. The maximum atomic E-state index is 11.7. The Morgan fingerprint density at radius 2 is 2.05 bits per heavy atom. The summed E-state index contributed by atoms with van der Waals surface area (Å²) in [5.74, 6) is 0.763. The number of halogens is 1. The predicted molar refractivity (Wildman–Crippen MR) is 82.1 cm³/mol. The van der Waals surface area contributed by atoms with E-state index in [9.17, 15) is 4.79 Å². The molecular formula is C14H21BrN2O3. The molecular weight excluding hydrogens is 324 g/mol. The van der Waals surface area contributed by atoms with Gasteiger partial charge >= 0.3 is 6.03 Å². The Balaban J connectivity index is 2.55. The number of carbonyl (C=O) groups excluding carboxylic acids is 1. The molecule has 0 heterocycles. The van der Waals surface area contributed by atoms with Gasteiger partial charge in [0.2, 0.25) is 0 Å². The summed E-state index contributed by atoms with van der Waals surface area (Å²) in [5.41, 5.74) is 0.993. The zero-order valence-electron chi connectivity index (χ0n) is 12.2. The Kier molecular flexibility index (Phi) is 6.81. The molecule has 0 radical (unpaired) electrons. The van der Waals surface area contributed by atoms with Crippen LogP contribution in [0.3, 0.4) is 0 Å². The van der Waals surface area contributed by atoms with Gasteiger partial charge in [0.05, 0.1) is 23.7 Å². The van der Waals surface area contributed by atoms with Gasteiger partial charge in [0.25, 0.3) is 0 Å². The minimum atomic E-state index is -0.214. The molecule has 1 aromatic rings. The molecule has 1 rings (SSSR count). The highest BCUT2D eigenvalue weighted by molar-refractivity contribution is 9.10. The fourth-order valence-electron chi connectivity index (χ4n) is 1.60. The fourth-order valence-corrected chi connectivity index (χ4v) is 2.16. The Hall–Kier alpha value is -1.27. The normalized spacial score (nSPS) is 13.4. The van der Waals surface area contributed by atoms with Gasteiger partial charge in [0, 0.05) is 13.7 Å². The standard InChI is InChI=1S/C14H21BrN2O3/c1-9(19-3)8-16-14(18)17-10(2)11-5-6-13(20-4)12(15)7-11/h5-7,9-10H,8H2,1-4H3,(H2,16,17,18)/t9-,10-/m0/s1. The summed E-state index contributed by atoms with van der Waals surface area (Å²) in [5, 5.41) is 5.63. The lowest BCUT2D eigenvalue weighted by atomic mass is 10.1. The van der Waals surface area contributed by atoms with Crippen molar-refractivity contribution in [1.29, 1.82) is 0 Å². The Labute approximate surface area is 128 Å². The number of benzene rings is 1. The Bertz CT molecular complexity index is 454. The summed E-state index contributed by atoms with van der Waals surface area (Å²) in [6.45, 7) is 4.29. The minimum absolute atomic E-state index is 0.00816. The summed E-state index contributed by atoms with van der Waals surface area (Å²) in [7, 11) is 3.23. The first kappa shape index (κ1) is 16.8. The molecule has 0 saturated heterocycles. The fraction of sp³-hybridized carbons (Fsp3) is 0.500. The molecule has 6 heteroatoms. The third-order valence-electron chi connectivity index (χ3n) is 2.98. The Morgan fingerprint density at radius 3 is 2.60 bits per heavy atom. The van der Waals surface area contributed by atoms with E-state index in [1.807, 2.05) is 32.0 Å². The number of carbonyl (C=O) groups is 1. The summed E-state index contributed by atoms with van der Waals surface area (Å²) in [6, 6.07) is 5.40. The molecule has 112 valence electrons. The number of hydrogen-bond acceptors (Lipinski definition) is 3. The molecule has 0 spiro atoms. The number of nitrogens with one attached hydrogen (secondary N) is 2. The van der Waals surface area contributed by atoms with Gasteiger partial charge in [-0.1, -0.05) is 6.07 Å². The van der Waals surface area contributed by atoms with Crippen molar-refractivity contribution < 1.29 is 14.3 Å². The van der Waals surface area contributed by atoms with E-state index in [0.717, 1.165) is 15.8 Å². The van der Waals surface area contributed by atoms with Gasteiger partial charge in [-0.05, 0) is 47.5 Å². The van der Waals surface area contributed by atoms with Crippen LogP contribution in [0, 0.1) is 0 Å². The number of methoxy groups -OCH3 is 2. The highest BCUT2D eigenvalue weighted by Gasteiger charge is 2.11. The first-order valence-corrected chi connectivity index (χ1v) is 7.17. The molecule has 0 fully saturated rings. The third kappa shape index (κ3) is 5.02. The van der Waals surface area contributed by atoms with E-state index in [1.165, 1.54) is 0 Å². The summed E-state index contributed by atoms with van der Waals surface area (Å²) < 4.78 is 11.1. The van der Waals surface area contributed by atoms with Crippen molar-refractivity contribution in [2.75, 3.05) is 20.8 Å². The molecule has 0 aliphatic rings. The molecule has 0 saturated carbocycles. The van der Waals surface area contributed by atoms with Crippen LogP contribution in [0.4, 0.5) is 4.79 Å². The van der Waals surface area contributed by atoms with E-state index in [2.05, 4.69) is 26.6 Å². The van der Waals surface area contributed by atoms with Gasteiger partial charge in [-0.15, -0.1) is 0 Å². The molecule has 1 aromatic carbocycles. The largest absolute Gasteiger partial charge is 0.496 e. The van der Waals surface area contributed by atoms with Crippen LogP contribution < -0.4 is 15.4 Å². The lowest BCUT2D eigenvalue weighted by Gasteiger charge is -2.17. The summed E-state index contributed by atoms with van der Waals surface area (Å²) >= 11 is 3.43. The number of urea groups is 1. The van der Waals surface area contributed by atoms with Crippen molar-refractivity contribution in [2.45, 2.75) is 26.0 Å². The maximum Gasteiger partial charge on any atom is 0.315 e. The van der Waals surface area contributed by atoms with E-state index in [1.54, 1.807) is 14.2 Å². The molecule has 0 unspecified atom stereocenters. The molecule has 0 bridgehead atoms. The van der Waals surface area contributed by atoms with Gasteiger partial charge in [0.1, 0.15) is 5.75 Å². The van der Waals surface area contributed by atoms with E-state index < -0.39 is 0 Å². The van der Waals surface area contributed by atoms with Crippen molar-refractivity contribution in [3.8, 4) is 5.75 Å². The Morgan fingerprint density at radius 1 is 1.35 bits per heavy atom. The highest BCUT2D eigenvalue weighted by Crippen LogP contribution is 2.27. The first-order chi connectivity index (χ1) is 9.47. The van der Waals surface area contributed by atoms with E-state index >= 15 is 0 Å². The van der Waals surface area contributed by atoms with Crippen LogP contribution in [0.2, 0.25) is 0 Å². The molecule has 5 nitrogen and oxygen atoms in total.